The highest BCUT2D eigenvalue weighted by atomic mass is 35.5. The van der Waals surface area contributed by atoms with Crippen molar-refractivity contribution in [1.29, 1.82) is 0 Å². The Morgan fingerprint density at radius 3 is 2.53 bits per heavy atom. The average Bonchev–Trinajstić information content (AvgIpc) is 2.73. The molecule has 0 bridgehead atoms. The SMILES string of the molecule is COc1ccc(C(CC(=O)O)N[S@+]([O-])c2ccc(C)cc2)cc1-c1cccc(Cl)c1. The first-order valence-corrected chi connectivity index (χ1v) is 10.8. The summed E-state index contributed by atoms with van der Waals surface area (Å²) < 4.78 is 21.2. The van der Waals surface area contributed by atoms with E-state index in [4.69, 9.17) is 16.3 Å². The van der Waals surface area contributed by atoms with E-state index < -0.39 is 23.4 Å². The largest absolute Gasteiger partial charge is 0.593 e. The van der Waals surface area contributed by atoms with Crippen LogP contribution in [0.3, 0.4) is 0 Å². The molecule has 30 heavy (non-hydrogen) atoms. The van der Waals surface area contributed by atoms with Gasteiger partial charge in [0.15, 0.2) is 4.90 Å². The van der Waals surface area contributed by atoms with Crippen molar-refractivity contribution in [3.05, 3.63) is 82.9 Å². The van der Waals surface area contributed by atoms with Crippen LogP contribution >= 0.6 is 11.6 Å². The number of hydrogen-bond donors (Lipinski definition) is 2. The Bertz CT molecular complexity index is 1030. The first kappa shape index (κ1) is 22.2. The van der Waals surface area contributed by atoms with Crippen LogP contribution in [0.4, 0.5) is 0 Å². The number of benzene rings is 3. The quantitative estimate of drug-likeness (QED) is 0.470. The van der Waals surface area contributed by atoms with Crippen molar-refractivity contribution in [2.75, 3.05) is 7.11 Å². The normalized spacial score (nSPS) is 12.9. The number of rotatable bonds is 8. The van der Waals surface area contributed by atoms with E-state index in [0.717, 1.165) is 16.7 Å². The van der Waals surface area contributed by atoms with Gasteiger partial charge in [-0.05, 0) is 54.4 Å². The highest BCUT2D eigenvalue weighted by Crippen LogP contribution is 2.34. The van der Waals surface area contributed by atoms with Crippen molar-refractivity contribution in [3.63, 3.8) is 0 Å². The van der Waals surface area contributed by atoms with Crippen molar-refractivity contribution >= 4 is 28.9 Å². The lowest BCUT2D eigenvalue weighted by molar-refractivity contribution is -0.137. The third-order valence-electron chi connectivity index (χ3n) is 4.62. The molecular weight excluding hydrogens is 422 g/mol. The fourth-order valence-electron chi connectivity index (χ4n) is 3.09. The number of hydrogen-bond acceptors (Lipinski definition) is 4. The van der Waals surface area contributed by atoms with Crippen LogP contribution in [-0.2, 0) is 16.2 Å². The maximum absolute atomic E-state index is 12.8. The monoisotopic (exact) mass is 443 g/mol. The molecule has 3 aromatic carbocycles. The van der Waals surface area contributed by atoms with Crippen molar-refractivity contribution < 1.29 is 19.2 Å². The summed E-state index contributed by atoms with van der Waals surface area (Å²) in [6.45, 7) is 1.95. The molecule has 2 N–H and O–H groups in total. The van der Waals surface area contributed by atoms with E-state index in [-0.39, 0.29) is 6.42 Å². The number of ether oxygens (including phenoxy) is 1. The average molecular weight is 444 g/mol. The second kappa shape index (κ2) is 10.00. The predicted octanol–water partition coefficient (Wildman–Crippen LogP) is 5.15. The molecule has 0 saturated heterocycles. The Balaban J connectivity index is 1.96. The Morgan fingerprint density at radius 2 is 1.90 bits per heavy atom. The number of aliphatic carboxylic acids is 1. The molecule has 1 unspecified atom stereocenters. The summed E-state index contributed by atoms with van der Waals surface area (Å²) in [5.74, 6) is -0.358. The van der Waals surface area contributed by atoms with Gasteiger partial charge in [0.05, 0.1) is 30.9 Å². The summed E-state index contributed by atoms with van der Waals surface area (Å²) in [5, 5.41) is 9.99. The third kappa shape index (κ3) is 5.55. The van der Waals surface area contributed by atoms with Gasteiger partial charge >= 0.3 is 5.97 Å². The van der Waals surface area contributed by atoms with Crippen LogP contribution in [0, 0.1) is 6.92 Å². The summed E-state index contributed by atoms with van der Waals surface area (Å²) in [4.78, 5) is 12.1. The minimum absolute atomic E-state index is 0.223. The minimum Gasteiger partial charge on any atom is -0.593 e. The molecule has 0 fully saturated rings. The topological polar surface area (TPSA) is 81.6 Å². The molecular formula is C23H22ClNO4S. The lowest BCUT2D eigenvalue weighted by Crippen LogP contribution is -2.30. The van der Waals surface area contributed by atoms with Crippen molar-refractivity contribution in [3.8, 4) is 16.9 Å². The van der Waals surface area contributed by atoms with Gasteiger partial charge in [0.1, 0.15) is 5.75 Å². The first-order chi connectivity index (χ1) is 14.4. The third-order valence-corrected chi connectivity index (χ3v) is 6.06. The van der Waals surface area contributed by atoms with Gasteiger partial charge in [-0.15, -0.1) is 4.72 Å². The standard InChI is InChI=1S/C23H22ClNO4S/c1-15-6-9-19(10-7-15)30(28)25-21(14-23(26)27)17-8-11-22(29-2)20(13-17)16-4-3-5-18(24)12-16/h3-13,21,25H,14H2,1-2H3,(H,26,27)/t21?,30-/m1/s1. The molecule has 3 aromatic rings. The maximum Gasteiger partial charge on any atom is 0.305 e. The molecule has 0 spiro atoms. The molecule has 0 heterocycles. The van der Waals surface area contributed by atoms with Gasteiger partial charge in [0.25, 0.3) is 0 Å². The van der Waals surface area contributed by atoms with Crippen LogP contribution in [0.15, 0.2) is 71.6 Å². The number of aryl methyl sites for hydroxylation is 1. The van der Waals surface area contributed by atoms with E-state index in [1.165, 1.54) is 0 Å². The first-order valence-electron chi connectivity index (χ1n) is 9.27. The molecule has 5 nitrogen and oxygen atoms in total. The van der Waals surface area contributed by atoms with Crippen LogP contribution in [0.1, 0.15) is 23.6 Å². The van der Waals surface area contributed by atoms with E-state index in [2.05, 4.69) is 4.72 Å². The number of nitrogens with one attached hydrogen (secondary N) is 1. The molecule has 156 valence electrons. The fraction of sp³-hybridized carbons (Fsp3) is 0.174. The zero-order chi connectivity index (χ0) is 21.7. The summed E-state index contributed by atoms with van der Waals surface area (Å²) >= 11 is 4.57. The van der Waals surface area contributed by atoms with Crippen LogP contribution < -0.4 is 9.46 Å². The molecule has 0 radical (unpaired) electrons. The van der Waals surface area contributed by atoms with Gasteiger partial charge in [-0.25, -0.2) is 0 Å². The van der Waals surface area contributed by atoms with Crippen molar-refractivity contribution in [2.24, 2.45) is 0 Å². The smallest absolute Gasteiger partial charge is 0.305 e. The second-order valence-corrected chi connectivity index (χ2v) is 8.50. The fourth-order valence-corrected chi connectivity index (χ4v) is 4.27. The highest BCUT2D eigenvalue weighted by Gasteiger charge is 2.24. The molecule has 0 amide bonds. The van der Waals surface area contributed by atoms with E-state index in [1.54, 1.807) is 37.4 Å². The van der Waals surface area contributed by atoms with Gasteiger partial charge in [-0.1, -0.05) is 47.5 Å². The molecule has 0 aromatic heterocycles. The van der Waals surface area contributed by atoms with Gasteiger partial charge in [-0.2, -0.15) is 0 Å². The van der Waals surface area contributed by atoms with Crippen LogP contribution in [0.2, 0.25) is 5.02 Å². The van der Waals surface area contributed by atoms with Gasteiger partial charge in [0, 0.05) is 10.6 Å². The van der Waals surface area contributed by atoms with E-state index in [0.29, 0.717) is 21.2 Å². The highest BCUT2D eigenvalue weighted by molar-refractivity contribution is 7.89. The molecule has 0 aliphatic carbocycles. The molecule has 0 aliphatic heterocycles. The minimum atomic E-state index is -1.57. The predicted molar refractivity (Wildman–Crippen MR) is 119 cm³/mol. The van der Waals surface area contributed by atoms with Crippen LogP contribution in [0.25, 0.3) is 11.1 Å². The molecule has 7 heteroatoms. The van der Waals surface area contributed by atoms with E-state index in [1.807, 2.05) is 43.3 Å². The number of carboxylic acids is 1. The summed E-state index contributed by atoms with van der Waals surface area (Å²) in [6.07, 6.45) is -0.223. The second-order valence-electron chi connectivity index (χ2n) is 6.82. The Morgan fingerprint density at radius 1 is 1.17 bits per heavy atom. The zero-order valence-electron chi connectivity index (χ0n) is 16.6. The lowest BCUT2D eigenvalue weighted by atomic mass is 9.97. The van der Waals surface area contributed by atoms with Gasteiger partial charge < -0.3 is 14.4 Å². The van der Waals surface area contributed by atoms with E-state index in [9.17, 15) is 14.5 Å². The molecule has 2 atom stereocenters. The van der Waals surface area contributed by atoms with Gasteiger partial charge in [-0.3, -0.25) is 4.79 Å². The Labute approximate surface area is 184 Å². The molecule has 0 saturated carbocycles. The summed E-state index contributed by atoms with van der Waals surface area (Å²) in [7, 11) is 1.57. The van der Waals surface area contributed by atoms with E-state index >= 15 is 0 Å². The summed E-state index contributed by atoms with van der Waals surface area (Å²) in [5.41, 5.74) is 3.36. The van der Waals surface area contributed by atoms with Crippen LogP contribution in [-0.4, -0.2) is 22.7 Å². The molecule has 3 rings (SSSR count). The number of halogens is 1. The van der Waals surface area contributed by atoms with Gasteiger partial charge in [0.2, 0.25) is 0 Å². The number of carbonyl (C=O) groups is 1. The van der Waals surface area contributed by atoms with Crippen LogP contribution in [0.5, 0.6) is 5.75 Å². The number of carboxylic acid groups (broad SMARTS) is 1. The number of methoxy groups -OCH3 is 1. The lowest BCUT2D eigenvalue weighted by Gasteiger charge is -2.20. The Hall–Kier alpha value is -2.51. The summed E-state index contributed by atoms with van der Waals surface area (Å²) in [6, 6.07) is 19.3. The van der Waals surface area contributed by atoms with Crippen molar-refractivity contribution in [2.45, 2.75) is 24.3 Å². The Kier molecular flexibility index (Phi) is 7.39. The maximum atomic E-state index is 12.8. The molecule has 0 aliphatic rings. The zero-order valence-corrected chi connectivity index (χ0v) is 18.2. The van der Waals surface area contributed by atoms with Crippen molar-refractivity contribution in [1.82, 2.24) is 4.72 Å².